The number of anilines is 1. The van der Waals surface area contributed by atoms with Crippen LogP contribution >= 0.6 is 11.8 Å². The SMILES string of the molecule is CCN=C1SC(CC(=O)Nc2cccc(Oc3ccccc3)c2)C(=O)N1CC. The molecule has 2 aromatic rings. The summed E-state index contributed by atoms with van der Waals surface area (Å²) in [5.74, 6) is 1.08. The Morgan fingerprint density at radius 1 is 1.14 bits per heavy atom. The van der Waals surface area contributed by atoms with Gasteiger partial charge in [-0.15, -0.1) is 0 Å². The number of carbonyl (C=O) groups excluding carboxylic acids is 2. The highest BCUT2D eigenvalue weighted by Gasteiger charge is 2.38. The molecule has 1 aliphatic rings. The number of amides is 2. The predicted molar refractivity (Wildman–Crippen MR) is 113 cm³/mol. The molecule has 1 fully saturated rings. The molecule has 0 aliphatic carbocycles. The van der Waals surface area contributed by atoms with Gasteiger partial charge in [0.2, 0.25) is 11.8 Å². The third kappa shape index (κ3) is 4.92. The third-order valence-corrected chi connectivity index (χ3v) is 5.31. The summed E-state index contributed by atoms with van der Waals surface area (Å²) < 4.78 is 5.79. The lowest BCUT2D eigenvalue weighted by Crippen LogP contribution is -2.33. The van der Waals surface area contributed by atoms with E-state index < -0.39 is 5.25 Å². The van der Waals surface area contributed by atoms with Crippen LogP contribution in [0.25, 0.3) is 0 Å². The number of thioether (sulfide) groups is 1. The van der Waals surface area contributed by atoms with Gasteiger partial charge in [0.05, 0.1) is 0 Å². The van der Waals surface area contributed by atoms with Gasteiger partial charge in [-0.2, -0.15) is 0 Å². The standard InChI is InChI=1S/C21H23N3O3S/c1-3-22-21-24(4-2)20(26)18(28-21)14-19(25)23-15-9-8-12-17(13-15)27-16-10-6-5-7-11-16/h5-13,18H,3-4,14H2,1-2H3,(H,23,25). The zero-order chi connectivity index (χ0) is 19.9. The second-order valence-corrected chi connectivity index (χ2v) is 7.31. The molecular formula is C21H23N3O3S. The van der Waals surface area contributed by atoms with Crippen LogP contribution in [-0.2, 0) is 9.59 Å². The van der Waals surface area contributed by atoms with E-state index in [4.69, 9.17) is 4.74 Å². The van der Waals surface area contributed by atoms with E-state index in [0.717, 1.165) is 5.75 Å². The number of para-hydroxylation sites is 1. The van der Waals surface area contributed by atoms with E-state index in [1.165, 1.54) is 11.8 Å². The molecule has 1 atom stereocenters. The van der Waals surface area contributed by atoms with Gasteiger partial charge >= 0.3 is 0 Å². The van der Waals surface area contributed by atoms with Crippen molar-refractivity contribution in [1.29, 1.82) is 0 Å². The fourth-order valence-electron chi connectivity index (χ4n) is 2.83. The molecule has 1 aliphatic heterocycles. The first-order chi connectivity index (χ1) is 13.6. The summed E-state index contributed by atoms with van der Waals surface area (Å²) >= 11 is 1.36. The van der Waals surface area contributed by atoms with Crippen molar-refractivity contribution >= 4 is 34.4 Å². The maximum absolute atomic E-state index is 12.5. The highest BCUT2D eigenvalue weighted by molar-refractivity contribution is 8.15. The summed E-state index contributed by atoms with van der Waals surface area (Å²) in [7, 11) is 0. The zero-order valence-corrected chi connectivity index (χ0v) is 16.7. The molecule has 6 nitrogen and oxygen atoms in total. The van der Waals surface area contributed by atoms with E-state index in [2.05, 4.69) is 10.3 Å². The van der Waals surface area contributed by atoms with Crippen LogP contribution in [0.15, 0.2) is 59.6 Å². The Hall–Kier alpha value is -2.80. The summed E-state index contributed by atoms with van der Waals surface area (Å²) in [5.41, 5.74) is 0.628. The van der Waals surface area contributed by atoms with Crippen LogP contribution in [0.1, 0.15) is 20.3 Å². The molecule has 146 valence electrons. The first-order valence-corrected chi connectivity index (χ1v) is 10.1. The van der Waals surface area contributed by atoms with Crippen molar-refractivity contribution in [3.8, 4) is 11.5 Å². The average Bonchev–Trinajstić information content (AvgIpc) is 2.97. The summed E-state index contributed by atoms with van der Waals surface area (Å²) in [6.07, 6.45) is 0.104. The first kappa shape index (κ1) is 19.9. The number of aliphatic imine (C=N–C) groups is 1. The van der Waals surface area contributed by atoms with Gasteiger partial charge in [0, 0.05) is 31.3 Å². The number of benzene rings is 2. The van der Waals surface area contributed by atoms with Gasteiger partial charge < -0.3 is 10.1 Å². The molecule has 2 aromatic carbocycles. The minimum atomic E-state index is -0.436. The number of hydrogen-bond donors (Lipinski definition) is 1. The van der Waals surface area contributed by atoms with Crippen LogP contribution in [0.4, 0.5) is 5.69 Å². The van der Waals surface area contributed by atoms with Crippen LogP contribution in [-0.4, -0.2) is 40.2 Å². The third-order valence-electron chi connectivity index (χ3n) is 4.10. The van der Waals surface area contributed by atoms with Gasteiger partial charge in [-0.3, -0.25) is 19.5 Å². The largest absolute Gasteiger partial charge is 0.457 e. The molecule has 0 bridgehead atoms. The number of hydrogen-bond acceptors (Lipinski definition) is 5. The minimum absolute atomic E-state index is 0.0592. The summed E-state index contributed by atoms with van der Waals surface area (Å²) in [6, 6.07) is 16.6. The lowest BCUT2D eigenvalue weighted by molar-refractivity contribution is -0.128. The number of rotatable bonds is 7. The summed E-state index contributed by atoms with van der Waals surface area (Å²) in [5, 5.41) is 3.12. The Morgan fingerprint density at radius 2 is 1.89 bits per heavy atom. The summed E-state index contributed by atoms with van der Waals surface area (Å²) in [4.78, 5) is 31.0. The maximum atomic E-state index is 12.5. The van der Waals surface area contributed by atoms with Gasteiger partial charge in [0.25, 0.3) is 0 Å². The fourth-order valence-corrected chi connectivity index (χ4v) is 4.10. The van der Waals surface area contributed by atoms with Crippen molar-refractivity contribution in [2.75, 3.05) is 18.4 Å². The minimum Gasteiger partial charge on any atom is -0.457 e. The molecule has 0 saturated carbocycles. The quantitative estimate of drug-likeness (QED) is 0.762. The molecule has 1 N–H and O–H groups in total. The van der Waals surface area contributed by atoms with Crippen molar-refractivity contribution in [3.05, 3.63) is 54.6 Å². The number of carbonyl (C=O) groups is 2. The molecule has 0 aromatic heterocycles. The highest BCUT2D eigenvalue weighted by Crippen LogP contribution is 2.30. The Balaban J connectivity index is 1.61. The smallest absolute Gasteiger partial charge is 0.242 e. The van der Waals surface area contributed by atoms with Crippen molar-refractivity contribution in [2.24, 2.45) is 4.99 Å². The Labute approximate surface area is 169 Å². The van der Waals surface area contributed by atoms with Crippen molar-refractivity contribution in [2.45, 2.75) is 25.5 Å². The molecule has 28 heavy (non-hydrogen) atoms. The van der Waals surface area contributed by atoms with Crippen LogP contribution in [0, 0.1) is 0 Å². The molecule has 0 spiro atoms. The second-order valence-electron chi connectivity index (χ2n) is 6.14. The fraction of sp³-hybridized carbons (Fsp3) is 0.286. The van der Waals surface area contributed by atoms with Gasteiger partial charge in [-0.25, -0.2) is 0 Å². The zero-order valence-electron chi connectivity index (χ0n) is 15.9. The molecule has 1 heterocycles. The Morgan fingerprint density at radius 3 is 2.61 bits per heavy atom. The van der Waals surface area contributed by atoms with Crippen LogP contribution in [0.3, 0.4) is 0 Å². The summed E-state index contributed by atoms with van der Waals surface area (Å²) in [6.45, 7) is 5.00. The predicted octanol–water partition coefficient (Wildman–Crippen LogP) is 4.15. The number of amidine groups is 1. The number of nitrogens with zero attached hydrogens (tertiary/aromatic N) is 2. The van der Waals surface area contributed by atoms with Crippen LogP contribution in [0.5, 0.6) is 11.5 Å². The number of nitrogens with one attached hydrogen (secondary N) is 1. The lowest BCUT2D eigenvalue weighted by Gasteiger charge is -2.13. The van der Waals surface area contributed by atoms with Gasteiger partial charge in [0.1, 0.15) is 16.7 Å². The monoisotopic (exact) mass is 397 g/mol. The van der Waals surface area contributed by atoms with E-state index in [9.17, 15) is 9.59 Å². The maximum Gasteiger partial charge on any atom is 0.242 e. The van der Waals surface area contributed by atoms with Gasteiger partial charge in [-0.05, 0) is 38.1 Å². The molecule has 0 radical (unpaired) electrons. The molecule has 2 amide bonds. The Kier molecular flexibility index (Phi) is 6.71. The first-order valence-electron chi connectivity index (χ1n) is 9.26. The topological polar surface area (TPSA) is 71.0 Å². The van der Waals surface area contributed by atoms with Gasteiger partial charge in [-0.1, -0.05) is 36.0 Å². The van der Waals surface area contributed by atoms with Crippen molar-refractivity contribution < 1.29 is 14.3 Å². The molecular weight excluding hydrogens is 374 g/mol. The average molecular weight is 398 g/mol. The Bertz CT molecular complexity index is 870. The van der Waals surface area contributed by atoms with E-state index in [1.54, 1.807) is 17.0 Å². The molecule has 3 rings (SSSR count). The van der Waals surface area contributed by atoms with E-state index in [1.807, 2.05) is 56.3 Å². The van der Waals surface area contributed by atoms with Crippen LogP contribution < -0.4 is 10.1 Å². The number of ether oxygens (including phenoxy) is 1. The normalized spacial score (nSPS) is 17.8. The second kappa shape index (κ2) is 9.41. The van der Waals surface area contributed by atoms with E-state index in [-0.39, 0.29) is 18.2 Å². The van der Waals surface area contributed by atoms with E-state index >= 15 is 0 Å². The molecule has 7 heteroatoms. The van der Waals surface area contributed by atoms with Crippen LogP contribution in [0.2, 0.25) is 0 Å². The highest BCUT2D eigenvalue weighted by atomic mass is 32.2. The van der Waals surface area contributed by atoms with Crippen molar-refractivity contribution in [1.82, 2.24) is 4.90 Å². The molecule has 1 saturated heterocycles. The lowest BCUT2D eigenvalue weighted by atomic mass is 10.2. The molecule has 1 unspecified atom stereocenters. The van der Waals surface area contributed by atoms with E-state index in [0.29, 0.717) is 29.7 Å². The van der Waals surface area contributed by atoms with Gasteiger partial charge in [0.15, 0.2) is 5.17 Å². The van der Waals surface area contributed by atoms with Crippen molar-refractivity contribution in [3.63, 3.8) is 0 Å².